The van der Waals surface area contributed by atoms with Crippen molar-refractivity contribution in [1.29, 1.82) is 0 Å². The van der Waals surface area contributed by atoms with Crippen LogP contribution in [0.4, 0.5) is 5.69 Å². The minimum Gasteiger partial charge on any atom is -0.311 e. The molecule has 1 fully saturated rings. The molecule has 0 spiro atoms. The first-order valence-corrected chi connectivity index (χ1v) is 9.49. The molecule has 2 aliphatic heterocycles. The van der Waals surface area contributed by atoms with Crippen LogP contribution in [0.3, 0.4) is 0 Å². The average Bonchev–Trinajstić information content (AvgIpc) is 3.08. The molecule has 4 rings (SSSR count). The van der Waals surface area contributed by atoms with Crippen molar-refractivity contribution in [2.24, 2.45) is 0 Å². The van der Waals surface area contributed by atoms with Crippen molar-refractivity contribution in [3.05, 3.63) is 70.6 Å². The third-order valence-corrected chi connectivity index (χ3v) is 6.04. The van der Waals surface area contributed by atoms with Gasteiger partial charge in [0.05, 0.1) is 16.2 Å². The van der Waals surface area contributed by atoms with Gasteiger partial charge in [-0.1, -0.05) is 72.5 Å². The fraction of sp³-hybridized carbons (Fsp3) is 0.150. The van der Waals surface area contributed by atoms with Crippen molar-refractivity contribution < 1.29 is 9.59 Å². The molecule has 2 aromatic carbocycles. The van der Waals surface area contributed by atoms with Crippen molar-refractivity contribution >= 4 is 51.4 Å². The van der Waals surface area contributed by atoms with E-state index in [1.54, 1.807) is 16.8 Å². The maximum atomic E-state index is 13.0. The van der Waals surface area contributed by atoms with Gasteiger partial charge in [-0.15, -0.1) is 0 Å². The Bertz CT molecular complexity index is 953. The average molecular weight is 380 g/mol. The highest BCUT2D eigenvalue weighted by Crippen LogP contribution is 2.43. The summed E-state index contributed by atoms with van der Waals surface area (Å²) in [6.45, 7) is 0.511. The van der Waals surface area contributed by atoms with E-state index in [-0.39, 0.29) is 11.8 Å². The monoisotopic (exact) mass is 380 g/mol. The molecule has 0 aromatic heterocycles. The molecular weight excluding hydrogens is 364 g/mol. The van der Waals surface area contributed by atoms with E-state index in [1.165, 1.54) is 11.8 Å². The molecule has 0 saturated carbocycles. The molecule has 0 atom stereocenters. The zero-order chi connectivity index (χ0) is 18.3. The van der Waals surface area contributed by atoms with Crippen LogP contribution < -0.4 is 4.90 Å². The van der Waals surface area contributed by atoms with E-state index >= 15 is 0 Å². The quantitative estimate of drug-likeness (QED) is 0.604. The van der Waals surface area contributed by atoms with E-state index in [1.807, 2.05) is 54.6 Å². The standard InChI is InChI=1S/C20H16N2O2S2/c1-21-15-10-6-5-9-14(15)16(18(21)23)17-19(24)22(20(25)26-17)12-11-13-7-3-2-4-8-13/h2-10H,11-12H2,1H3/b17-16-. The number of nitrogens with zero attached hydrogens (tertiary/aromatic N) is 2. The van der Waals surface area contributed by atoms with Gasteiger partial charge in [-0.2, -0.15) is 0 Å². The molecule has 130 valence electrons. The van der Waals surface area contributed by atoms with Crippen molar-refractivity contribution in [3.63, 3.8) is 0 Å². The largest absolute Gasteiger partial charge is 0.311 e. The summed E-state index contributed by atoms with van der Waals surface area (Å²) in [4.78, 5) is 29.3. The molecule has 4 nitrogen and oxygen atoms in total. The number of para-hydroxylation sites is 1. The normalized spacial score (nSPS) is 19.5. The lowest BCUT2D eigenvalue weighted by Gasteiger charge is -2.14. The van der Waals surface area contributed by atoms with Crippen molar-refractivity contribution in [2.45, 2.75) is 6.42 Å². The fourth-order valence-corrected chi connectivity index (χ4v) is 4.60. The van der Waals surface area contributed by atoms with Gasteiger partial charge < -0.3 is 4.90 Å². The molecule has 1 saturated heterocycles. The van der Waals surface area contributed by atoms with Gasteiger partial charge in [0.1, 0.15) is 4.32 Å². The molecule has 0 bridgehead atoms. The second-order valence-corrected chi connectivity index (χ2v) is 7.79. The van der Waals surface area contributed by atoms with Crippen molar-refractivity contribution in [3.8, 4) is 0 Å². The fourth-order valence-electron chi connectivity index (χ4n) is 3.22. The summed E-state index contributed by atoms with van der Waals surface area (Å²) in [5.74, 6) is -0.334. The number of hydrogen-bond donors (Lipinski definition) is 0. The van der Waals surface area contributed by atoms with Crippen LogP contribution in [0.1, 0.15) is 11.1 Å². The Hall–Kier alpha value is -2.44. The Labute approximate surface area is 161 Å². The number of hydrogen-bond acceptors (Lipinski definition) is 4. The van der Waals surface area contributed by atoms with Crippen molar-refractivity contribution in [1.82, 2.24) is 4.90 Å². The molecule has 2 aliphatic rings. The summed E-state index contributed by atoms with van der Waals surface area (Å²) in [5.41, 5.74) is 3.23. The highest BCUT2D eigenvalue weighted by atomic mass is 32.2. The third-order valence-electron chi connectivity index (χ3n) is 4.60. The molecule has 2 aromatic rings. The first-order valence-electron chi connectivity index (χ1n) is 8.27. The van der Waals surface area contributed by atoms with E-state index in [9.17, 15) is 9.59 Å². The van der Waals surface area contributed by atoms with Gasteiger partial charge in [-0.3, -0.25) is 14.5 Å². The van der Waals surface area contributed by atoms with Crippen LogP contribution in [0.5, 0.6) is 0 Å². The number of anilines is 1. The van der Waals surface area contributed by atoms with Gasteiger partial charge in [0.2, 0.25) is 0 Å². The number of benzene rings is 2. The number of thiocarbonyl (C=S) groups is 1. The minimum absolute atomic E-state index is 0.158. The van der Waals surface area contributed by atoms with Crippen LogP contribution in [-0.4, -0.2) is 34.6 Å². The second kappa shape index (κ2) is 6.70. The van der Waals surface area contributed by atoms with Crippen molar-refractivity contribution in [2.75, 3.05) is 18.5 Å². The van der Waals surface area contributed by atoms with Gasteiger partial charge in [0.25, 0.3) is 11.8 Å². The van der Waals surface area contributed by atoms with Gasteiger partial charge in [0, 0.05) is 19.2 Å². The van der Waals surface area contributed by atoms with Crippen LogP contribution in [0, 0.1) is 0 Å². The first kappa shape index (κ1) is 17.0. The number of amides is 2. The molecule has 0 unspecified atom stereocenters. The summed E-state index contributed by atoms with van der Waals surface area (Å²) in [7, 11) is 1.73. The Morgan fingerprint density at radius 3 is 2.42 bits per heavy atom. The van der Waals surface area contributed by atoms with E-state index in [2.05, 4.69) is 0 Å². The Morgan fingerprint density at radius 1 is 0.962 bits per heavy atom. The Balaban J connectivity index is 1.65. The zero-order valence-corrected chi connectivity index (χ0v) is 15.8. The molecule has 0 radical (unpaired) electrons. The molecule has 2 amide bonds. The topological polar surface area (TPSA) is 40.6 Å². The number of likely N-dealkylation sites (N-methyl/N-ethyl adjacent to an activating group) is 1. The zero-order valence-electron chi connectivity index (χ0n) is 14.1. The first-order chi connectivity index (χ1) is 12.6. The number of thioether (sulfide) groups is 1. The van der Waals surface area contributed by atoms with Gasteiger partial charge in [0.15, 0.2) is 0 Å². The van der Waals surface area contributed by atoms with Gasteiger partial charge in [-0.05, 0) is 18.1 Å². The SMILES string of the molecule is CN1C(=O)/C(=C2\SC(=S)N(CCc3ccccc3)C2=O)c2ccccc21. The predicted molar refractivity (Wildman–Crippen MR) is 109 cm³/mol. The van der Waals surface area contributed by atoms with Crippen LogP contribution in [0.15, 0.2) is 59.5 Å². The molecule has 26 heavy (non-hydrogen) atoms. The lowest BCUT2D eigenvalue weighted by Crippen LogP contribution is -2.30. The highest BCUT2D eigenvalue weighted by Gasteiger charge is 2.40. The van der Waals surface area contributed by atoms with Crippen LogP contribution in [0.2, 0.25) is 0 Å². The van der Waals surface area contributed by atoms with Gasteiger partial charge in [-0.25, -0.2) is 0 Å². The summed E-state index contributed by atoms with van der Waals surface area (Å²) in [6.07, 6.45) is 0.723. The van der Waals surface area contributed by atoms with Crippen LogP contribution in [-0.2, 0) is 16.0 Å². The molecular formula is C20H16N2O2S2. The van der Waals surface area contributed by atoms with E-state index in [4.69, 9.17) is 12.2 Å². The molecule has 6 heteroatoms. The van der Waals surface area contributed by atoms with Crippen LogP contribution >= 0.6 is 24.0 Å². The van der Waals surface area contributed by atoms with Gasteiger partial charge >= 0.3 is 0 Å². The van der Waals surface area contributed by atoms with Crippen LogP contribution in [0.25, 0.3) is 5.57 Å². The number of carbonyl (C=O) groups is 2. The molecule has 2 heterocycles. The summed E-state index contributed by atoms with van der Waals surface area (Å²) in [5, 5.41) is 0. The van der Waals surface area contributed by atoms with E-state index in [0.29, 0.717) is 21.3 Å². The smallest absolute Gasteiger partial charge is 0.267 e. The number of fused-ring (bicyclic) bond motifs is 1. The predicted octanol–water partition coefficient (Wildman–Crippen LogP) is 3.48. The Morgan fingerprint density at radius 2 is 1.65 bits per heavy atom. The highest BCUT2D eigenvalue weighted by molar-refractivity contribution is 8.26. The third kappa shape index (κ3) is 2.75. The maximum Gasteiger partial charge on any atom is 0.267 e. The molecule has 0 aliphatic carbocycles. The number of carbonyl (C=O) groups excluding carboxylic acids is 2. The second-order valence-electron chi connectivity index (χ2n) is 6.15. The lowest BCUT2D eigenvalue weighted by atomic mass is 10.1. The maximum absolute atomic E-state index is 13.0. The summed E-state index contributed by atoms with van der Waals surface area (Å²) >= 11 is 6.64. The Kier molecular flexibility index (Phi) is 4.38. The lowest BCUT2D eigenvalue weighted by molar-refractivity contribution is -0.122. The van der Waals surface area contributed by atoms with E-state index in [0.717, 1.165) is 23.2 Å². The van der Waals surface area contributed by atoms with E-state index < -0.39 is 0 Å². The molecule has 0 N–H and O–H groups in total. The summed E-state index contributed by atoms with van der Waals surface area (Å²) in [6, 6.07) is 17.5. The summed E-state index contributed by atoms with van der Waals surface area (Å²) < 4.78 is 0.508. The minimum atomic E-state index is -0.176. The number of rotatable bonds is 3.